The van der Waals surface area contributed by atoms with Crippen molar-refractivity contribution in [2.45, 2.75) is 32.4 Å². The molecule has 0 aliphatic carbocycles. The van der Waals surface area contributed by atoms with Crippen LogP contribution in [-0.2, 0) is 0 Å². The largest absolute Gasteiger partial charge is 0.393 e. The van der Waals surface area contributed by atoms with Gasteiger partial charge in [-0.15, -0.1) is 0 Å². The van der Waals surface area contributed by atoms with Gasteiger partial charge >= 0.3 is 0 Å². The first kappa shape index (κ1) is 11.1. The predicted molar refractivity (Wildman–Crippen MR) is 57.0 cm³/mol. The van der Waals surface area contributed by atoms with E-state index in [1.807, 2.05) is 18.3 Å². The average Bonchev–Trinajstić information content (AvgIpc) is 2.18. The monoisotopic (exact) mass is 194 g/mol. The first-order valence-corrected chi connectivity index (χ1v) is 5.01. The van der Waals surface area contributed by atoms with Gasteiger partial charge in [-0.3, -0.25) is 4.98 Å². The molecule has 2 unspecified atom stereocenters. The van der Waals surface area contributed by atoms with E-state index in [0.29, 0.717) is 6.04 Å². The van der Waals surface area contributed by atoms with E-state index in [4.69, 9.17) is 5.11 Å². The van der Waals surface area contributed by atoms with Crippen molar-refractivity contribution >= 4 is 0 Å². The van der Waals surface area contributed by atoms with Gasteiger partial charge in [0.15, 0.2) is 0 Å². The van der Waals surface area contributed by atoms with Gasteiger partial charge in [0.05, 0.1) is 6.10 Å². The molecule has 1 aromatic rings. The molecular weight excluding hydrogens is 176 g/mol. The second-order valence-electron chi connectivity index (χ2n) is 3.60. The zero-order valence-corrected chi connectivity index (χ0v) is 8.77. The molecule has 0 aromatic carbocycles. The summed E-state index contributed by atoms with van der Waals surface area (Å²) < 4.78 is 0. The van der Waals surface area contributed by atoms with Gasteiger partial charge in [-0.25, -0.2) is 0 Å². The van der Waals surface area contributed by atoms with Crippen LogP contribution < -0.4 is 5.32 Å². The number of nitrogens with zero attached hydrogens (tertiary/aromatic N) is 1. The average molecular weight is 194 g/mol. The summed E-state index contributed by atoms with van der Waals surface area (Å²) in [6.45, 7) is 4.73. The van der Waals surface area contributed by atoms with Crippen LogP contribution in [0.3, 0.4) is 0 Å². The zero-order chi connectivity index (χ0) is 10.4. The Morgan fingerprint density at radius 3 is 2.86 bits per heavy atom. The highest BCUT2D eigenvalue weighted by Gasteiger charge is 2.04. The Bertz CT molecular complexity index is 249. The van der Waals surface area contributed by atoms with Gasteiger partial charge in [0.1, 0.15) is 0 Å². The van der Waals surface area contributed by atoms with Gasteiger partial charge in [0.2, 0.25) is 0 Å². The quantitative estimate of drug-likeness (QED) is 0.746. The smallest absolute Gasteiger partial charge is 0.0524 e. The number of hydrogen-bond acceptors (Lipinski definition) is 3. The highest BCUT2D eigenvalue weighted by molar-refractivity contribution is 5.12. The molecule has 14 heavy (non-hydrogen) atoms. The zero-order valence-electron chi connectivity index (χ0n) is 8.77. The molecule has 0 radical (unpaired) electrons. The third kappa shape index (κ3) is 3.85. The van der Waals surface area contributed by atoms with Crippen LogP contribution in [0.25, 0.3) is 0 Å². The number of nitrogens with one attached hydrogen (secondary N) is 1. The number of pyridine rings is 1. The molecule has 2 N–H and O–H groups in total. The minimum Gasteiger partial charge on any atom is -0.393 e. The standard InChI is InChI=1S/C11H18N2O/c1-9(14)5-7-13-10(2)11-4-3-6-12-8-11/h3-4,6,8-10,13-14H,5,7H2,1-2H3. The van der Waals surface area contributed by atoms with Crippen LogP contribution in [0, 0.1) is 0 Å². The van der Waals surface area contributed by atoms with E-state index in [1.54, 1.807) is 13.1 Å². The number of aliphatic hydroxyl groups is 1. The van der Waals surface area contributed by atoms with Crippen LogP contribution in [0.4, 0.5) is 0 Å². The van der Waals surface area contributed by atoms with E-state index in [-0.39, 0.29) is 6.10 Å². The first-order chi connectivity index (χ1) is 6.70. The first-order valence-electron chi connectivity index (χ1n) is 5.01. The van der Waals surface area contributed by atoms with E-state index in [2.05, 4.69) is 17.2 Å². The van der Waals surface area contributed by atoms with Gasteiger partial charge in [-0.2, -0.15) is 0 Å². The third-order valence-electron chi connectivity index (χ3n) is 2.20. The molecule has 0 bridgehead atoms. The summed E-state index contributed by atoms with van der Waals surface area (Å²) in [5.41, 5.74) is 1.18. The van der Waals surface area contributed by atoms with Gasteiger partial charge in [0.25, 0.3) is 0 Å². The van der Waals surface area contributed by atoms with Crippen molar-refractivity contribution in [2.75, 3.05) is 6.54 Å². The number of aliphatic hydroxyl groups excluding tert-OH is 1. The lowest BCUT2D eigenvalue weighted by molar-refractivity contribution is 0.182. The van der Waals surface area contributed by atoms with E-state index in [0.717, 1.165) is 13.0 Å². The minimum absolute atomic E-state index is 0.233. The Labute approximate surface area is 85.2 Å². The van der Waals surface area contributed by atoms with Crippen LogP contribution in [0.5, 0.6) is 0 Å². The van der Waals surface area contributed by atoms with Gasteiger partial charge in [0, 0.05) is 18.4 Å². The summed E-state index contributed by atoms with van der Waals surface area (Å²) in [6.07, 6.45) is 4.18. The topological polar surface area (TPSA) is 45.1 Å². The van der Waals surface area contributed by atoms with Crippen molar-refractivity contribution in [1.82, 2.24) is 10.3 Å². The van der Waals surface area contributed by atoms with E-state index < -0.39 is 0 Å². The molecule has 1 heterocycles. The van der Waals surface area contributed by atoms with Crippen molar-refractivity contribution < 1.29 is 5.11 Å². The van der Waals surface area contributed by atoms with Crippen LogP contribution in [0.1, 0.15) is 31.9 Å². The van der Waals surface area contributed by atoms with Gasteiger partial charge < -0.3 is 10.4 Å². The number of rotatable bonds is 5. The maximum atomic E-state index is 9.08. The Balaban J connectivity index is 2.32. The van der Waals surface area contributed by atoms with Crippen LogP contribution in [0.2, 0.25) is 0 Å². The fraction of sp³-hybridized carbons (Fsp3) is 0.545. The van der Waals surface area contributed by atoms with Crippen molar-refractivity contribution in [3.63, 3.8) is 0 Å². The highest BCUT2D eigenvalue weighted by atomic mass is 16.3. The Morgan fingerprint density at radius 1 is 1.50 bits per heavy atom. The SMILES string of the molecule is CC(O)CCNC(C)c1cccnc1. The summed E-state index contributed by atoms with van der Waals surface area (Å²) in [5, 5.41) is 12.4. The number of hydrogen-bond donors (Lipinski definition) is 2. The van der Waals surface area contributed by atoms with Crippen LogP contribution in [0.15, 0.2) is 24.5 Å². The molecule has 0 saturated heterocycles. The molecule has 0 spiro atoms. The summed E-state index contributed by atoms with van der Waals surface area (Å²) in [5.74, 6) is 0. The summed E-state index contributed by atoms with van der Waals surface area (Å²) in [4.78, 5) is 4.06. The van der Waals surface area contributed by atoms with Gasteiger partial charge in [-0.05, 0) is 38.4 Å². The fourth-order valence-electron chi connectivity index (χ4n) is 1.26. The molecule has 0 fully saturated rings. The number of aromatic nitrogens is 1. The normalized spacial score (nSPS) is 15.1. The maximum Gasteiger partial charge on any atom is 0.0524 e. The molecule has 0 aliphatic rings. The molecule has 0 saturated carbocycles. The Morgan fingerprint density at radius 2 is 2.29 bits per heavy atom. The fourth-order valence-corrected chi connectivity index (χ4v) is 1.26. The molecule has 3 nitrogen and oxygen atoms in total. The van der Waals surface area contributed by atoms with E-state index in [1.165, 1.54) is 5.56 Å². The predicted octanol–water partition coefficient (Wildman–Crippen LogP) is 1.50. The molecule has 0 aliphatic heterocycles. The molecule has 1 aromatic heterocycles. The second-order valence-corrected chi connectivity index (χ2v) is 3.60. The molecule has 3 heteroatoms. The van der Waals surface area contributed by atoms with Gasteiger partial charge in [-0.1, -0.05) is 6.07 Å². The lowest BCUT2D eigenvalue weighted by atomic mass is 10.1. The van der Waals surface area contributed by atoms with Crippen molar-refractivity contribution in [3.8, 4) is 0 Å². The van der Waals surface area contributed by atoms with E-state index >= 15 is 0 Å². The molecule has 78 valence electrons. The summed E-state index contributed by atoms with van der Waals surface area (Å²) >= 11 is 0. The third-order valence-corrected chi connectivity index (χ3v) is 2.20. The lowest BCUT2D eigenvalue weighted by Gasteiger charge is -2.14. The van der Waals surface area contributed by atoms with Crippen molar-refractivity contribution in [2.24, 2.45) is 0 Å². The van der Waals surface area contributed by atoms with Crippen LogP contribution >= 0.6 is 0 Å². The second kappa shape index (κ2) is 5.73. The summed E-state index contributed by atoms with van der Waals surface area (Å²) in [7, 11) is 0. The van der Waals surface area contributed by atoms with Crippen molar-refractivity contribution in [3.05, 3.63) is 30.1 Å². The van der Waals surface area contributed by atoms with E-state index in [9.17, 15) is 0 Å². The maximum absolute atomic E-state index is 9.08. The molecule has 0 amide bonds. The lowest BCUT2D eigenvalue weighted by Crippen LogP contribution is -2.22. The summed E-state index contributed by atoms with van der Waals surface area (Å²) in [6, 6.07) is 4.28. The van der Waals surface area contributed by atoms with Crippen LogP contribution in [-0.4, -0.2) is 22.7 Å². The molecule has 2 atom stereocenters. The minimum atomic E-state index is -0.233. The highest BCUT2D eigenvalue weighted by Crippen LogP contribution is 2.09. The Hall–Kier alpha value is -0.930. The van der Waals surface area contributed by atoms with Crippen molar-refractivity contribution in [1.29, 1.82) is 0 Å². The molecule has 1 rings (SSSR count). The Kier molecular flexibility index (Phi) is 4.56. The molecular formula is C11H18N2O.